The Kier molecular flexibility index (Phi) is 5.09. The number of nitrogens with zero attached hydrogens (tertiary/aromatic N) is 1. The van der Waals surface area contributed by atoms with Crippen molar-refractivity contribution >= 4 is 25.4 Å². The second-order valence-electron chi connectivity index (χ2n) is 2.76. The Balaban J connectivity index is 4.71. The summed E-state index contributed by atoms with van der Waals surface area (Å²) in [6.07, 6.45) is -2.39. The van der Waals surface area contributed by atoms with Crippen LogP contribution in [0.5, 0.6) is 0 Å². The van der Waals surface area contributed by atoms with Gasteiger partial charge >= 0.3 is 7.60 Å². The molecule has 0 radical (unpaired) electrons. The highest BCUT2D eigenvalue weighted by atomic mass is 31.2. The molecule has 0 bridgehead atoms. The van der Waals surface area contributed by atoms with Crippen LogP contribution in [0.1, 0.15) is 6.42 Å². The highest BCUT2D eigenvalue weighted by molar-refractivity contribution is 7.52. The van der Waals surface area contributed by atoms with Crippen LogP contribution in [0.15, 0.2) is 4.99 Å². The molecule has 0 amide bonds. The van der Waals surface area contributed by atoms with Crippen molar-refractivity contribution in [2.24, 2.45) is 4.99 Å². The van der Waals surface area contributed by atoms with Gasteiger partial charge in [-0.25, -0.2) is 0 Å². The van der Waals surface area contributed by atoms with Crippen LogP contribution in [-0.4, -0.2) is 39.8 Å². The first-order valence-electron chi connectivity index (χ1n) is 3.81. The molecule has 0 saturated heterocycles. The molecule has 0 aliphatic carbocycles. The third-order valence-corrected chi connectivity index (χ3v) is 1.96. The molecular weight excluding hydrogens is 245 g/mol. The van der Waals surface area contributed by atoms with E-state index in [-0.39, 0.29) is 0 Å². The topological polar surface area (TPSA) is 173 Å². The van der Waals surface area contributed by atoms with Crippen LogP contribution in [0.4, 0.5) is 0 Å². The Labute approximate surface area is 89.2 Å². The highest BCUT2D eigenvalue weighted by Gasteiger charge is 2.14. The van der Waals surface area contributed by atoms with E-state index in [9.17, 15) is 29.5 Å². The minimum atomic E-state index is -4.66. The van der Waals surface area contributed by atoms with Crippen molar-refractivity contribution in [1.82, 2.24) is 0 Å². The van der Waals surface area contributed by atoms with E-state index in [4.69, 9.17) is 9.79 Å². The maximum Gasteiger partial charge on any atom is 0.330 e. The Morgan fingerprint density at radius 3 is 2.06 bits per heavy atom. The Morgan fingerprint density at radius 1 is 1.25 bits per heavy atom. The van der Waals surface area contributed by atoms with E-state index in [1.807, 2.05) is 0 Å². The summed E-state index contributed by atoms with van der Waals surface area (Å²) in [4.78, 5) is 39.9. The molecule has 0 rings (SSSR count). The highest BCUT2D eigenvalue weighted by Crippen LogP contribution is 2.33. The van der Waals surface area contributed by atoms with Crippen LogP contribution in [0, 0.1) is 0 Å². The van der Waals surface area contributed by atoms with Gasteiger partial charge in [0.25, 0.3) is 0 Å². The lowest BCUT2D eigenvalue weighted by Crippen LogP contribution is -2.40. The van der Waals surface area contributed by atoms with Gasteiger partial charge in [-0.1, -0.05) is 0 Å². The standard InChI is InChI=1S/C6H10NO8P/c8-4(2-16(13,14)15)7-3(6(11)12)1-5(9)10/h3H,1-2H2,(H,7,8)(H,9,10)(H,11,12)(H2,13,14,15)/p-3/t3-/m0/s1. The summed E-state index contributed by atoms with van der Waals surface area (Å²) < 4.78 is 10.3. The van der Waals surface area contributed by atoms with Crippen molar-refractivity contribution in [3.8, 4) is 0 Å². The molecule has 10 heteroatoms. The van der Waals surface area contributed by atoms with Gasteiger partial charge in [-0.2, -0.15) is 0 Å². The fourth-order valence-corrected chi connectivity index (χ4v) is 1.16. The van der Waals surface area contributed by atoms with Gasteiger partial charge in [0.05, 0.1) is 18.2 Å². The SMILES string of the molecule is O=C([O-])C[C@H](N=C([O-])CP(=O)(O)O)C(=O)[O-]. The smallest absolute Gasteiger partial charge is 0.330 e. The van der Waals surface area contributed by atoms with Gasteiger partial charge < -0.3 is 34.7 Å². The number of carboxylic acids is 2. The normalized spacial score (nSPS) is 14.5. The fraction of sp³-hybridized carbons (Fsp3) is 0.500. The molecule has 9 nitrogen and oxygen atoms in total. The van der Waals surface area contributed by atoms with E-state index < -0.39 is 44.1 Å². The largest absolute Gasteiger partial charge is 0.862 e. The second kappa shape index (κ2) is 5.59. The number of hydrogen-bond acceptors (Lipinski definition) is 7. The van der Waals surface area contributed by atoms with E-state index in [1.165, 1.54) is 0 Å². The average Bonchev–Trinajstić information content (AvgIpc) is 1.97. The van der Waals surface area contributed by atoms with Crippen LogP contribution in [0.2, 0.25) is 0 Å². The van der Waals surface area contributed by atoms with Crippen LogP contribution < -0.4 is 15.3 Å². The molecule has 0 aromatic carbocycles. The van der Waals surface area contributed by atoms with E-state index in [0.717, 1.165) is 0 Å². The van der Waals surface area contributed by atoms with Crippen LogP contribution >= 0.6 is 7.60 Å². The number of carboxylic acid groups (broad SMARTS) is 2. The number of aliphatic imine (C=N–C) groups is 1. The number of aliphatic carboxylic acids is 2. The van der Waals surface area contributed by atoms with E-state index in [2.05, 4.69) is 4.99 Å². The van der Waals surface area contributed by atoms with E-state index in [0.29, 0.717) is 0 Å². The lowest BCUT2D eigenvalue weighted by atomic mass is 10.2. The van der Waals surface area contributed by atoms with Crippen molar-refractivity contribution in [1.29, 1.82) is 0 Å². The quantitative estimate of drug-likeness (QED) is 0.269. The zero-order valence-corrected chi connectivity index (χ0v) is 8.62. The molecule has 2 N–H and O–H groups in total. The van der Waals surface area contributed by atoms with Crippen molar-refractivity contribution in [2.45, 2.75) is 12.5 Å². The molecule has 0 fully saturated rings. The van der Waals surface area contributed by atoms with Crippen LogP contribution in [0.25, 0.3) is 0 Å². The number of carbonyl (C=O) groups is 2. The molecule has 0 spiro atoms. The van der Waals surface area contributed by atoms with Gasteiger partial charge in [0, 0.05) is 12.4 Å². The monoisotopic (exact) mass is 252 g/mol. The lowest BCUT2D eigenvalue weighted by molar-refractivity contribution is -0.316. The average molecular weight is 252 g/mol. The number of rotatable bonds is 6. The zero-order chi connectivity index (χ0) is 12.9. The summed E-state index contributed by atoms with van der Waals surface area (Å²) in [6, 6.07) is -2.01. The van der Waals surface area contributed by atoms with Gasteiger partial charge in [0.1, 0.15) is 0 Å². The molecule has 0 saturated carbocycles. The first-order valence-corrected chi connectivity index (χ1v) is 5.60. The Bertz CT molecular complexity index is 358. The molecule has 1 atom stereocenters. The summed E-state index contributed by atoms with van der Waals surface area (Å²) >= 11 is 0. The van der Waals surface area contributed by atoms with Crippen molar-refractivity contribution in [2.75, 3.05) is 6.16 Å². The summed E-state index contributed by atoms with van der Waals surface area (Å²) in [5.74, 6) is -5.13. The fourth-order valence-electron chi connectivity index (χ4n) is 0.730. The van der Waals surface area contributed by atoms with Gasteiger partial charge in [-0.3, -0.25) is 9.56 Å². The van der Waals surface area contributed by atoms with Gasteiger partial charge in [-0.05, 0) is 5.90 Å². The first kappa shape index (κ1) is 14.6. The molecule has 92 valence electrons. The number of carbonyl (C=O) groups excluding carboxylic acids is 2. The zero-order valence-electron chi connectivity index (χ0n) is 7.73. The van der Waals surface area contributed by atoms with Gasteiger partial charge in [-0.15, -0.1) is 0 Å². The molecule has 0 heterocycles. The molecule has 0 aromatic heterocycles. The summed E-state index contributed by atoms with van der Waals surface area (Å²) in [5, 5.41) is 31.1. The minimum Gasteiger partial charge on any atom is -0.862 e. The lowest BCUT2D eigenvalue weighted by Gasteiger charge is -2.19. The van der Waals surface area contributed by atoms with Gasteiger partial charge in [0.2, 0.25) is 0 Å². The third kappa shape index (κ3) is 6.93. The maximum absolute atomic E-state index is 10.8. The predicted molar refractivity (Wildman–Crippen MR) is 42.8 cm³/mol. The second-order valence-corrected chi connectivity index (χ2v) is 4.40. The maximum atomic E-state index is 10.8. The predicted octanol–water partition coefficient (Wildman–Crippen LogP) is -4.82. The third-order valence-electron chi connectivity index (χ3n) is 1.27. The van der Waals surface area contributed by atoms with Crippen molar-refractivity contribution < 1.29 is 39.3 Å². The van der Waals surface area contributed by atoms with E-state index >= 15 is 0 Å². The molecule has 0 aromatic rings. The minimum absolute atomic E-state index is 1.10. The van der Waals surface area contributed by atoms with E-state index in [1.54, 1.807) is 0 Å². The molecule has 0 aliphatic rings. The molecule has 16 heavy (non-hydrogen) atoms. The first-order chi connectivity index (χ1) is 7.11. The molecular formula is C6H7NO8P-3. The Morgan fingerprint density at radius 2 is 1.75 bits per heavy atom. The molecule has 0 aliphatic heterocycles. The van der Waals surface area contributed by atoms with Crippen LogP contribution in [0.3, 0.4) is 0 Å². The summed E-state index contributed by atoms with van der Waals surface area (Å²) in [5.41, 5.74) is 0. The van der Waals surface area contributed by atoms with Crippen molar-refractivity contribution in [3.63, 3.8) is 0 Å². The molecule has 0 unspecified atom stereocenters. The van der Waals surface area contributed by atoms with Gasteiger partial charge in [0.15, 0.2) is 0 Å². The summed E-state index contributed by atoms with van der Waals surface area (Å²) in [7, 11) is -4.66. The number of hydrogen-bond donors (Lipinski definition) is 2. The van der Waals surface area contributed by atoms with Crippen molar-refractivity contribution in [3.05, 3.63) is 0 Å². The summed E-state index contributed by atoms with van der Waals surface area (Å²) in [6.45, 7) is 0. The Hall–Kier alpha value is -1.44. The van der Waals surface area contributed by atoms with Crippen LogP contribution in [-0.2, 0) is 14.2 Å².